The normalized spacial score (nSPS) is 11.0. The summed E-state index contributed by atoms with van der Waals surface area (Å²) in [5, 5.41) is 15.7. The number of hydrogen-bond donors (Lipinski definition) is 4. The van der Waals surface area contributed by atoms with Crippen LogP contribution in [0.3, 0.4) is 0 Å². The molecule has 0 aliphatic rings. The smallest absolute Gasteiger partial charge is 0.251 e. The molecule has 0 saturated carbocycles. The van der Waals surface area contributed by atoms with E-state index >= 15 is 0 Å². The number of phenolic OH excluding ortho intramolecular Hbond substituents is 1. The number of aromatic hydroxyl groups is 1. The van der Waals surface area contributed by atoms with Crippen LogP contribution in [-0.4, -0.2) is 29.0 Å². The SMILES string of the molecule is C=C/C=C\C=C(/C)c1[nH]c2cc(NC(=O)Cc3ccc(O)cc3)cc(C(=O)NC)c2c1C=C.CC. The lowest BCUT2D eigenvalue weighted by molar-refractivity contribution is -0.115. The van der Waals surface area contributed by atoms with Crippen LogP contribution in [0.15, 0.2) is 73.9 Å². The van der Waals surface area contributed by atoms with E-state index in [1.807, 2.05) is 39.0 Å². The van der Waals surface area contributed by atoms with Crippen molar-refractivity contribution in [1.82, 2.24) is 10.3 Å². The number of allylic oxidation sites excluding steroid dienone is 5. The van der Waals surface area contributed by atoms with Crippen molar-refractivity contribution in [2.45, 2.75) is 27.2 Å². The van der Waals surface area contributed by atoms with E-state index in [4.69, 9.17) is 0 Å². The van der Waals surface area contributed by atoms with Crippen LogP contribution >= 0.6 is 0 Å². The Morgan fingerprint density at radius 1 is 1.09 bits per heavy atom. The first-order valence-corrected chi connectivity index (χ1v) is 11.5. The fraction of sp³-hybridized carbons (Fsp3) is 0.172. The third-order valence-electron chi connectivity index (χ3n) is 5.19. The second-order valence-electron chi connectivity index (χ2n) is 7.50. The van der Waals surface area contributed by atoms with Gasteiger partial charge in [-0.15, -0.1) is 0 Å². The fourth-order valence-corrected chi connectivity index (χ4v) is 3.63. The zero-order valence-corrected chi connectivity index (χ0v) is 20.7. The average Bonchev–Trinajstić information content (AvgIpc) is 3.24. The van der Waals surface area contributed by atoms with Crippen LogP contribution in [0.5, 0.6) is 5.75 Å². The van der Waals surface area contributed by atoms with E-state index in [0.29, 0.717) is 16.8 Å². The number of phenols is 1. The van der Waals surface area contributed by atoms with E-state index in [9.17, 15) is 14.7 Å². The number of aromatic nitrogens is 1. The van der Waals surface area contributed by atoms with Gasteiger partial charge in [0.2, 0.25) is 5.91 Å². The maximum absolute atomic E-state index is 12.7. The first-order valence-electron chi connectivity index (χ1n) is 11.5. The van der Waals surface area contributed by atoms with E-state index in [-0.39, 0.29) is 24.0 Å². The highest BCUT2D eigenvalue weighted by Crippen LogP contribution is 2.33. The largest absolute Gasteiger partial charge is 0.508 e. The Bertz CT molecular complexity index is 1280. The van der Waals surface area contributed by atoms with E-state index in [1.54, 1.807) is 43.5 Å². The summed E-state index contributed by atoms with van der Waals surface area (Å²) in [6.07, 6.45) is 9.21. The molecule has 0 bridgehead atoms. The Hall–Kier alpha value is -4.32. The van der Waals surface area contributed by atoms with Gasteiger partial charge in [-0.1, -0.05) is 69.5 Å². The monoisotopic (exact) mass is 471 g/mol. The Morgan fingerprint density at radius 3 is 2.37 bits per heavy atom. The number of fused-ring (bicyclic) bond motifs is 1. The standard InChI is InChI=1S/C27H27N3O3.C2H6/c1-5-7-8-9-17(3)26-21(6-2)25-22(27(33)28-4)15-19(16-23(25)30-26)29-24(32)14-18-10-12-20(31)13-11-18;1-2/h5-13,15-16,30-31H,1-2,14H2,3-4H3,(H,28,33)(H,29,32);1-2H3/b8-7-,17-9+;. The summed E-state index contributed by atoms with van der Waals surface area (Å²) in [4.78, 5) is 28.7. The summed E-state index contributed by atoms with van der Waals surface area (Å²) in [5.74, 6) is -0.356. The van der Waals surface area contributed by atoms with Crippen molar-refractivity contribution in [2.24, 2.45) is 0 Å². The molecular weight excluding hydrogens is 438 g/mol. The lowest BCUT2D eigenvalue weighted by Crippen LogP contribution is -2.19. The van der Waals surface area contributed by atoms with Crippen LogP contribution in [-0.2, 0) is 11.2 Å². The number of anilines is 1. The number of amides is 2. The van der Waals surface area contributed by atoms with Gasteiger partial charge < -0.3 is 20.7 Å². The maximum atomic E-state index is 12.7. The molecule has 6 heteroatoms. The van der Waals surface area contributed by atoms with Crippen molar-refractivity contribution in [3.63, 3.8) is 0 Å². The molecule has 0 aliphatic carbocycles. The molecule has 3 rings (SSSR count). The number of aromatic amines is 1. The topological polar surface area (TPSA) is 94.2 Å². The van der Waals surface area contributed by atoms with Gasteiger partial charge in [0.05, 0.1) is 12.0 Å². The molecule has 0 unspecified atom stereocenters. The molecule has 0 spiro atoms. The van der Waals surface area contributed by atoms with Gasteiger partial charge in [-0.3, -0.25) is 9.59 Å². The van der Waals surface area contributed by atoms with Gasteiger partial charge in [0.1, 0.15) is 5.75 Å². The number of H-pyrrole nitrogens is 1. The minimum Gasteiger partial charge on any atom is -0.508 e. The van der Waals surface area contributed by atoms with Gasteiger partial charge in [-0.25, -0.2) is 0 Å². The number of hydrogen-bond acceptors (Lipinski definition) is 3. The number of carbonyl (C=O) groups excluding carboxylic acids is 2. The van der Waals surface area contributed by atoms with Gasteiger partial charge >= 0.3 is 0 Å². The van der Waals surface area contributed by atoms with Crippen LogP contribution in [0.2, 0.25) is 0 Å². The third kappa shape index (κ3) is 6.60. The third-order valence-corrected chi connectivity index (χ3v) is 5.19. The zero-order valence-electron chi connectivity index (χ0n) is 20.7. The molecule has 6 nitrogen and oxygen atoms in total. The highest BCUT2D eigenvalue weighted by molar-refractivity contribution is 6.12. The molecule has 0 saturated heterocycles. The van der Waals surface area contributed by atoms with Crippen molar-refractivity contribution in [1.29, 1.82) is 0 Å². The van der Waals surface area contributed by atoms with Crippen molar-refractivity contribution in [3.05, 3.63) is 96.2 Å². The van der Waals surface area contributed by atoms with Gasteiger partial charge in [-0.2, -0.15) is 0 Å². The summed E-state index contributed by atoms with van der Waals surface area (Å²) < 4.78 is 0. The lowest BCUT2D eigenvalue weighted by atomic mass is 10.0. The minimum atomic E-state index is -0.267. The number of carbonyl (C=O) groups is 2. The second kappa shape index (κ2) is 12.8. The Balaban J connectivity index is 0.00000210. The van der Waals surface area contributed by atoms with Gasteiger partial charge in [-0.05, 0) is 42.3 Å². The van der Waals surface area contributed by atoms with Crippen LogP contribution in [0.4, 0.5) is 5.69 Å². The minimum absolute atomic E-state index is 0.138. The first kappa shape index (κ1) is 26.9. The summed E-state index contributed by atoms with van der Waals surface area (Å²) >= 11 is 0. The molecule has 4 N–H and O–H groups in total. The molecule has 1 heterocycles. The van der Waals surface area contributed by atoms with E-state index in [1.165, 1.54) is 12.1 Å². The molecular formula is C29H33N3O3. The Labute approximate surface area is 206 Å². The van der Waals surface area contributed by atoms with Crippen molar-refractivity contribution < 1.29 is 14.7 Å². The second-order valence-corrected chi connectivity index (χ2v) is 7.50. The molecule has 0 radical (unpaired) electrons. The molecule has 2 aromatic carbocycles. The highest BCUT2D eigenvalue weighted by Gasteiger charge is 2.19. The maximum Gasteiger partial charge on any atom is 0.251 e. The van der Waals surface area contributed by atoms with Crippen LogP contribution < -0.4 is 10.6 Å². The van der Waals surface area contributed by atoms with Crippen molar-refractivity contribution in [3.8, 4) is 5.75 Å². The number of rotatable bonds is 8. The highest BCUT2D eigenvalue weighted by atomic mass is 16.3. The summed E-state index contributed by atoms with van der Waals surface area (Å²) in [6, 6.07) is 9.93. The summed E-state index contributed by atoms with van der Waals surface area (Å²) in [6.45, 7) is 13.6. The van der Waals surface area contributed by atoms with E-state index in [0.717, 1.165) is 27.8 Å². The van der Waals surface area contributed by atoms with E-state index in [2.05, 4.69) is 28.8 Å². The molecule has 1 aromatic heterocycles. The van der Waals surface area contributed by atoms with E-state index < -0.39 is 0 Å². The lowest BCUT2D eigenvalue weighted by Gasteiger charge is -2.10. The zero-order chi connectivity index (χ0) is 26.0. The molecule has 0 fully saturated rings. The fourth-order valence-electron chi connectivity index (χ4n) is 3.63. The van der Waals surface area contributed by atoms with Gasteiger partial charge in [0, 0.05) is 34.9 Å². The summed E-state index contributed by atoms with van der Waals surface area (Å²) in [5.41, 5.74) is 5.02. The molecule has 182 valence electrons. The number of benzene rings is 2. The van der Waals surface area contributed by atoms with Crippen LogP contribution in [0.25, 0.3) is 22.6 Å². The molecule has 3 aromatic rings. The molecule has 0 aliphatic heterocycles. The van der Waals surface area contributed by atoms with Crippen LogP contribution in [0.1, 0.15) is 48.0 Å². The molecule has 35 heavy (non-hydrogen) atoms. The Morgan fingerprint density at radius 2 is 1.77 bits per heavy atom. The average molecular weight is 472 g/mol. The summed E-state index contributed by atoms with van der Waals surface area (Å²) in [7, 11) is 1.57. The quantitative estimate of drug-likeness (QED) is 0.293. The predicted octanol–water partition coefficient (Wildman–Crippen LogP) is 6.23. The van der Waals surface area contributed by atoms with Crippen molar-refractivity contribution in [2.75, 3.05) is 12.4 Å². The molecule has 0 atom stereocenters. The Kier molecular flexibility index (Phi) is 9.84. The number of nitrogens with one attached hydrogen (secondary N) is 3. The van der Waals surface area contributed by atoms with Gasteiger partial charge in [0.25, 0.3) is 5.91 Å². The van der Waals surface area contributed by atoms with Gasteiger partial charge in [0.15, 0.2) is 0 Å². The predicted molar refractivity (Wildman–Crippen MR) is 147 cm³/mol. The van der Waals surface area contributed by atoms with Crippen molar-refractivity contribution >= 4 is 40.1 Å². The van der Waals surface area contributed by atoms with Crippen LogP contribution in [0, 0.1) is 0 Å². The first-order chi connectivity index (χ1) is 16.9. The molecule has 2 amide bonds.